The first kappa shape index (κ1) is 16.9. The summed E-state index contributed by atoms with van der Waals surface area (Å²) < 4.78 is 36.6. The molecule has 2 heterocycles. The van der Waals surface area contributed by atoms with E-state index in [2.05, 4.69) is 0 Å². The van der Waals surface area contributed by atoms with E-state index in [1.165, 1.54) is 28.6 Å². The van der Waals surface area contributed by atoms with E-state index in [1.807, 2.05) is 0 Å². The minimum Gasteiger partial charge on any atom is -0.463 e. The van der Waals surface area contributed by atoms with Crippen molar-refractivity contribution in [2.45, 2.75) is 36.7 Å². The molecule has 1 aromatic rings. The Morgan fingerprint density at radius 2 is 1.96 bits per heavy atom. The van der Waals surface area contributed by atoms with Crippen LogP contribution in [-0.2, 0) is 24.3 Å². The summed E-state index contributed by atoms with van der Waals surface area (Å²) in [6.45, 7) is 1.20. The van der Waals surface area contributed by atoms with Crippen LogP contribution in [0.15, 0.2) is 29.2 Å². The smallest absolute Gasteiger partial charge is 0.347 e. The summed E-state index contributed by atoms with van der Waals surface area (Å²) in [6, 6.07) is 5.73. The zero-order chi connectivity index (χ0) is 17.2. The Morgan fingerprint density at radius 1 is 1.21 bits per heavy atom. The zero-order valence-corrected chi connectivity index (χ0v) is 14.0. The highest BCUT2D eigenvalue weighted by atomic mass is 32.2. The van der Waals surface area contributed by atoms with Crippen LogP contribution in [0.1, 0.15) is 36.0 Å². The first-order valence-corrected chi connectivity index (χ1v) is 9.40. The third kappa shape index (κ3) is 3.44. The van der Waals surface area contributed by atoms with Gasteiger partial charge in [0.25, 0.3) is 0 Å². The van der Waals surface area contributed by atoms with Gasteiger partial charge in [-0.3, -0.25) is 0 Å². The third-order valence-electron chi connectivity index (χ3n) is 4.16. The number of benzene rings is 1. The summed E-state index contributed by atoms with van der Waals surface area (Å²) in [5, 5.41) is 0. The van der Waals surface area contributed by atoms with Crippen molar-refractivity contribution in [3.05, 3.63) is 29.8 Å². The third-order valence-corrected chi connectivity index (χ3v) is 6.05. The molecule has 0 radical (unpaired) electrons. The van der Waals surface area contributed by atoms with Crippen molar-refractivity contribution in [3.63, 3.8) is 0 Å². The van der Waals surface area contributed by atoms with E-state index in [-0.39, 0.29) is 17.1 Å². The molecule has 0 bridgehead atoms. The molecule has 24 heavy (non-hydrogen) atoms. The van der Waals surface area contributed by atoms with Gasteiger partial charge in [0.15, 0.2) is 0 Å². The van der Waals surface area contributed by atoms with Crippen LogP contribution in [0, 0.1) is 0 Å². The van der Waals surface area contributed by atoms with Crippen LogP contribution < -0.4 is 0 Å². The summed E-state index contributed by atoms with van der Waals surface area (Å²) in [4.78, 5) is 23.6. The van der Waals surface area contributed by atoms with Crippen LogP contribution in [0.5, 0.6) is 0 Å². The van der Waals surface area contributed by atoms with Gasteiger partial charge in [0, 0.05) is 19.5 Å². The second-order valence-corrected chi connectivity index (χ2v) is 7.78. The fraction of sp³-hybridized carbons (Fsp3) is 0.500. The lowest BCUT2D eigenvalue weighted by Gasteiger charge is -2.26. The van der Waals surface area contributed by atoms with Gasteiger partial charge in [-0.1, -0.05) is 12.5 Å². The van der Waals surface area contributed by atoms with Crippen molar-refractivity contribution in [2.75, 3.05) is 19.7 Å². The minimum absolute atomic E-state index is 0.0628. The average molecular weight is 353 g/mol. The maximum Gasteiger partial charge on any atom is 0.347 e. The monoisotopic (exact) mass is 353 g/mol. The summed E-state index contributed by atoms with van der Waals surface area (Å²) in [7, 11) is -3.62. The van der Waals surface area contributed by atoms with Crippen LogP contribution in [0.4, 0.5) is 0 Å². The first-order valence-electron chi connectivity index (χ1n) is 7.96. The quantitative estimate of drug-likeness (QED) is 0.759. The molecule has 0 amide bonds. The van der Waals surface area contributed by atoms with E-state index in [9.17, 15) is 18.0 Å². The van der Waals surface area contributed by atoms with Crippen molar-refractivity contribution < 1.29 is 27.5 Å². The molecule has 0 aromatic heterocycles. The molecule has 0 unspecified atom stereocenters. The minimum atomic E-state index is -3.62. The number of piperidine rings is 1. The molecule has 3 rings (SSSR count). The second-order valence-electron chi connectivity index (χ2n) is 5.84. The highest BCUT2D eigenvalue weighted by molar-refractivity contribution is 7.89. The van der Waals surface area contributed by atoms with Gasteiger partial charge < -0.3 is 9.47 Å². The van der Waals surface area contributed by atoms with Crippen molar-refractivity contribution in [1.29, 1.82) is 0 Å². The SMILES string of the molecule is O=C(O[C@@H]1CCOC1=O)c1cccc(S(=O)(=O)N2CCCCC2)c1. The largest absolute Gasteiger partial charge is 0.463 e. The molecule has 2 aliphatic heterocycles. The van der Waals surface area contributed by atoms with Crippen LogP contribution in [0.2, 0.25) is 0 Å². The lowest BCUT2D eigenvalue weighted by Crippen LogP contribution is -2.35. The number of esters is 2. The lowest BCUT2D eigenvalue weighted by atomic mass is 10.2. The van der Waals surface area contributed by atoms with Crippen molar-refractivity contribution >= 4 is 22.0 Å². The normalized spacial score (nSPS) is 22.2. The van der Waals surface area contributed by atoms with Gasteiger partial charge in [0.1, 0.15) is 0 Å². The number of carbonyl (C=O) groups excluding carboxylic acids is 2. The fourth-order valence-corrected chi connectivity index (χ4v) is 4.38. The predicted octanol–water partition coefficient (Wildman–Crippen LogP) is 1.33. The Kier molecular flexibility index (Phi) is 4.86. The Labute approximate surface area is 140 Å². The molecule has 1 atom stereocenters. The van der Waals surface area contributed by atoms with E-state index in [1.54, 1.807) is 0 Å². The number of cyclic esters (lactones) is 1. The molecule has 0 N–H and O–H groups in total. The highest BCUT2D eigenvalue weighted by Crippen LogP contribution is 2.22. The zero-order valence-electron chi connectivity index (χ0n) is 13.1. The van der Waals surface area contributed by atoms with E-state index in [0.717, 1.165) is 19.3 Å². The van der Waals surface area contributed by atoms with Gasteiger partial charge in [-0.25, -0.2) is 18.0 Å². The molecule has 2 aliphatic rings. The molecule has 0 saturated carbocycles. The topological polar surface area (TPSA) is 90.0 Å². The first-order chi connectivity index (χ1) is 11.5. The second kappa shape index (κ2) is 6.90. The Hall–Kier alpha value is -1.93. The molecule has 130 valence electrons. The Balaban J connectivity index is 1.78. The predicted molar refractivity (Wildman–Crippen MR) is 83.8 cm³/mol. The van der Waals surface area contributed by atoms with E-state index in [0.29, 0.717) is 19.5 Å². The van der Waals surface area contributed by atoms with Gasteiger partial charge in [-0.2, -0.15) is 4.31 Å². The number of hydrogen-bond donors (Lipinski definition) is 0. The highest BCUT2D eigenvalue weighted by Gasteiger charge is 2.31. The van der Waals surface area contributed by atoms with Crippen LogP contribution in [0.25, 0.3) is 0 Å². The lowest BCUT2D eigenvalue weighted by molar-refractivity contribution is -0.145. The molecular weight excluding hydrogens is 334 g/mol. The van der Waals surface area contributed by atoms with Crippen LogP contribution in [-0.4, -0.2) is 50.5 Å². The molecule has 1 aromatic carbocycles. The van der Waals surface area contributed by atoms with Crippen molar-refractivity contribution in [2.24, 2.45) is 0 Å². The number of sulfonamides is 1. The van der Waals surface area contributed by atoms with Gasteiger partial charge in [-0.05, 0) is 31.0 Å². The molecule has 7 nitrogen and oxygen atoms in total. The van der Waals surface area contributed by atoms with Gasteiger partial charge in [0.2, 0.25) is 16.1 Å². The van der Waals surface area contributed by atoms with Gasteiger partial charge in [0.05, 0.1) is 17.1 Å². The number of ether oxygens (including phenoxy) is 2. The van der Waals surface area contributed by atoms with Crippen molar-refractivity contribution in [1.82, 2.24) is 4.31 Å². The maximum atomic E-state index is 12.7. The molecule has 8 heteroatoms. The van der Waals surface area contributed by atoms with Gasteiger partial charge in [-0.15, -0.1) is 0 Å². The van der Waals surface area contributed by atoms with Crippen molar-refractivity contribution in [3.8, 4) is 0 Å². The number of rotatable bonds is 4. The molecule has 2 saturated heterocycles. The molecular formula is C16H19NO6S. The summed E-state index contributed by atoms with van der Waals surface area (Å²) >= 11 is 0. The summed E-state index contributed by atoms with van der Waals surface area (Å²) in [6.07, 6.45) is 2.10. The Morgan fingerprint density at radius 3 is 2.62 bits per heavy atom. The summed E-state index contributed by atoms with van der Waals surface area (Å²) in [5.41, 5.74) is 0.104. The summed E-state index contributed by atoms with van der Waals surface area (Å²) in [5.74, 6) is -1.30. The molecule has 0 spiro atoms. The number of nitrogens with zero attached hydrogens (tertiary/aromatic N) is 1. The standard InChI is InChI=1S/C16H19NO6S/c18-15(23-14-7-10-22-16(14)19)12-5-4-6-13(11-12)24(20,21)17-8-2-1-3-9-17/h4-6,11,14H,1-3,7-10H2/t14-/m1/s1. The number of carbonyl (C=O) groups is 2. The molecule has 2 fully saturated rings. The Bertz CT molecular complexity index is 739. The van der Waals surface area contributed by atoms with E-state index >= 15 is 0 Å². The number of hydrogen-bond acceptors (Lipinski definition) is 6. The average Bonchev–Trinajstić information content (AvgIpc) is 3.00. The maximum absolute atomic E-state index is 12.7. The van der Waals surface area contributed by atoms with E-state index < -0.39 is 28.1 Å². The fourth-order valence-electron chi connectivity index (χ4n) is 2.82. The van der Waals surface area contributed by atoms with Crippen LogP contribution >= 0.6 is 0 Å². The van der Waals surface area contributed by atoms with Crippen LogP contribution in [0.3, 0.4) is 0 Å². The van der Waals surface area contributed by atoms with Gasteiger partial charge >= 0.3 is 11.9 Å². The molecule has 0 aliphatic carbocycles. The van der Waals surface area contributed by atoms with E-state index in [4.69, 9.17) is 9.47 Å².